The van der Waals surface area contributed by atoms with E-state index in [2.05, 4.69) is 35.2 Å². The number of rotatable bonds is 7. The normalized spacial score (nSPS) is 11.6. The molecule has 3 aromatic carbocycles. The van der Waals surface area contributed by atoms with Crippen molar-refractivity contribution in [2.45, 2.75) is 0 Å². The van der Waals surface area contributed by atoms with Gasteiger partial charge in [0, 0.05) is 6.54 Å². The summed E-state index contributed by atoms with van der Waals surface area (Å²) in [7, 11) is 4.07. The number of nitrogens with zero attached hydrogens (tertiary/aromatic N) is 1. The number of aromatic hydroxyl groups is 1. The van der Waals surface area contributed by atoms with Crippen molar-refractivity contribution >= 4 is 11.6 Å². The first-order valence-corrected chi connectivity index (χ1v) is 9.06. The lowest BCUT2D eigenvalue weighted by atomic mass is 9.95. The summed E-state index contributed by atoms with van der Waals surface area (Å²) in [5.74, 6) is 1.13. The fourth-order valence-electron chi connectivity index (χ4n) is 2.77. The average molecular weight is 359 g/mol. The van der Waals surface area contributed by atoms with Crippen molar-refractivity contribution in [2.75, 3.05) is 27.2 Å². The van der Waals surface area contributed by atoms with Crippen LogP contribution in [0.15, 0.2) is 78.9 Å². The standard InChI is InChI=1S/C24H25NO2/c1-25(2)16-17-27-23-14-10-21(11-15-23)24(18-19-6-4-3-5-7-19)20-8-12-22(26)13-9-20/h3-15,18,26H,16-17H2,1-2H3. The Labute approximate surface area is 161 Å². The Kier molecular flexibility index (Phi) is 6.29. The Morgan fingerprint density at radius 2 is 1.44 bits per heavy atom. The zero-order valence-corrected chi connectivity index (χ0v) is 15.8. The van der Waals surface area contributed by atoms with E-state index in [1.165, 1.54) is 0 Å². The van der Waals surface area contributed by atoms with Gasteiger partial charge in [-0.15, -0.1) is 0 Å². The smallest absolute Gasteiger partial charge is 0.119 e. The van der Waals surface area contributed by atoms with Gasteiger partial charge in [-0.1, -0.05) is 54.6 Å². The molecule has 27 heavy (non-hydrogen) atoms. The molecule has 0 radical (unpaired) electrons. The quantitative estimate of drug-likeness (QED) is 0.608. The molecule has 0 aliphatic carbocycles. The number of hydrogen-bond donors (Lipinski definition) is 1. The molecule has 3 rings (SSSR count). The average Bonchev–Trinajstić information content (AvgIpc) is 2.68. The van der Waals surface area contributed by atoms with Gasteiger partial charge in [-0.3, -0.25) is 0 Å². The molecule has 3 nitrogen and oxygen atoms in total. The van der Waals surface area contributed by atoms with E-state index < -0.39 is 0 Å². The summed E-state index contributed by atoms with van der Waals surface area (Å²) < 4.78 is 5.80. The second-order valence-corrected chi connectivity index (χ2v) is 6.69. The monoisotopic (exact) mass is 359 g/mol. The number of phenolic OH excluding ortho intramolecular Hbond substituents is 1. The number of ether oxygens (including phenoxy) is 1. The Hall–Kier alpha value is -3.04. The maximum Gasteiger partial charge on any atom is 0.119 e. The maximum atomic E-state index is 9.62. The van der Waals surface area contributed by atoms with Crippen LogP contribution in [0.4, 0.5) is 0 Å². The maximum absolute atomic E-state index is 9.62. The molecule has 0 aliphatic heterocycles. The van der Waals surface area contributed by atoms with Crippen LogP contribution in [0.5, 0.6) is 11.5 Å². The van der Waals surface area contributed by atoms with Crippen LogP contribution >= 0.6 is 0 Å². The van der Waals surface area contributed by atoms with Gasteiger partial charge in [-0.2, -0.15) is 0 Å². The Morgan fingerprint density at radius 1 is 0.852 bits per heavy atom. The van der Waals surface area contributed by atoms with Crippen LogP contribution in [0.25, 0.3) is 11.6 Å². The molecular formula is C24H25NO2. The lowest BCUT2D eigenvalue weighted by molar-refractivity contribution is 0.261. The molecule has 0 unspecified atom stereocenters. The minimum atomic E-state index is 0.266. The summed E-state index contributed by atoms with van der Waals surface area (Å²) in [5, 5.41) is 9.62. The first-order valence-electron chi connectivity index (χ1n) is 9.06. The number of phenols is 1. The molecular weight excluding hydrogens is 334 g/mol. The highest BCUT2D eigenvalue weighted by atomic mass is 16.5. The van der Waals surface area contributed by atoms with E-state index in [0.29, 0.717) is 6.61 Å². The first kappa shape index (κ1) is 18.7. The molecule has 0 heterocycles. The van der Waals surface area contributed by atoms with Gasteiger partial charge in [0.1, 0.15) is 18.1 Å². The second-order valence-electron chi connectivity index (χ2n) is 6.69. The molecule has 3 heteroatoms. The number of likely N-dealkylation sites (N-methyl/N-ethyl adjacent to an activating group) is 1. The lowest BCUT2D eigenvalue weighted by Crippen LogP contribution is -2.19. The van der Waals surface area contributed by atoms with Gasteiger partial charge in [-0.05, 0) is 66.7 Å². The highest BCUT2D eigenvalue weighted by Crippen LogP contribution is 2.28. The zero-order valence-electron chi connectivity index (χ0n) is 15.8. The highest BCUT2D eigenvalue weighted by molar-refractivity contribution is 5.91. The first-order chi connectivity index (χ1) is 13.1. The Bertz CT molecular complexity index is 867. The second kappa shape index (κ2) is 9.06. The summed E-state index contributed by atoms with van der Waals surface area (Å²) in [5.41, 5.74) is 4.38. The van der Waals surface area contributed by atoms with Crippen molar-refractivity contribution in [3.05, 3.63) is 95.6 Å². The minimum Gasteiger partial charge on any atom is -0.508 e. The lowest BCUT2D eigenvalue weighted by Gasteiger charge is -2.13. The zero-order chi connectivity index (χ0) is 19.1. The molecule has 0 atom stereocenters. The fraction of sp³-hybridized carbons (Fsp3) is 0.167. The number of hydrogen-bond acceptors (Lipinski definition) is 3. The van der Waals surface area contributed by atoms with Gasteiger partial charge in [0.05, 0.1) is 0 Å². The fourth-order valence-corrected chi connectivity index (χ4v) is 2.77. The van der Waals surface area contributed by atoms with Crippen molar-refractivity contribution in [2.24, 2.45) is 0 Å². The van der Waals surface area contributed by atoms with E-state index in [1.807, 2.05) is 56.6 Å². The summed E-state index contributed by atoms with van der Waals surface area (Å²) in [6, 6.07) is 25.7. The van der Waals surface area contributed by atoms with Gasteiger partial charge in [-0.25, -0.2) is 0 Å². The Balaban J connectivity index is 1.89. The molecule has 3 aromatic rings. The molecule has 0 saturated carbocycles. The molecule has 1 N–H and O–H groups in total. The molecule has 0 aromatic heterocycles. The van der Waals surface area contributed by atoms with Crippen LogP contribution in [0.1, 0.15) is 16.7 Å². The summed E-state index contributed by atoms with van der Waals surface area (Å²) >= 11 is 0. The third-order valence-corrected chi connectivity index (χ3v) is 4.26. The predicted octanol–water partition coefficient (Wildman–Crippen LogP) is 4.92. The van der Waals surface area contributed by atoms with Crippen molar-refractivity contribution in [1.82, 2.24) is 4.90 Å². The van der Waals surface area contributed by atoms with Crippen LogP contribution in [0, 0.1) is 0 Å². The molecule has 0 aliphatic rings. The van der Waals surface area contributed by atoms with E-state index >= 15 is 0 Å². The van der Waals surface area contributed by atoms with E-state index in [-0.39, 0.29) is 5.75 Å². The van der Waals surface area contributed by atoms with Crippen LogP contribution in [0.3, 0.4) is 0 Å². The van der Waals surface area contributed by atoms with E-state index in [9.17, 15) is 5.11 Å². The molecule has 0 fully saturated rings. The topological polar surface area (TPSA) is 32.7 Å². The van der Waals surface area contributed by atoms with E-state index in [4.69, 9.17) is 4.74 Å². The largest absolute Gasteiger partial charge is 0.508 e. The third-order valence-electron chi connectivity index (χ3n) is 4.26. The van der Waals surface area contributed by atoms with Gasteiger partial charge in [0.2, 0.25) is 0 Å². The van der Waals surface area contributed by atoms with Crippen LogP contribution < -0.4 is 4.74 Å². The van der Waals surface area contributed by atoms with Gasteiger partial charge >= 0.3 is 0 Å². The Morgan fingerprint density at radius 3 is 2.04 bits per heavy atom. The van der Waals surface area contributed by atoms with Gasteiger partial charge in [0.15, 0.2) is 0 Å². The van der Waals surface area contributed by atoms with Gasteiger partial charge in [0.25, 0.3) is 0 Å². The molecule has 0 bridgehead atoms. The third kappa shape index (κ3) is 5.47. The van der Waals surface area contributed by atoms with Crippen molar-refractivity contribution in [3.63, 3.8) is 0 Å². The minimum absolute atomic E-state index is 0.266. The summed E-state index contributed by atoms with van der Waals surface area (Å²) in [6.45, 7) is 1.55. The summed E-state index contributed by atoms with van der Waals surface area (Å²) in [4.78, 5) is 2.10. The van der Waals surface area contributed by atoms with Crippen LogP contribution in [-0.2, 0) is 0 Å². The van der Waals surface area contributed by atoms with Crippen molar-refractivity contribution < 1.29 is 9.84 Å². The SMILES string of the molecule is CN(C)CCOc1ccc(C(=Cc2ccccc2)c2ccc(O)cc2)cc1. The molecule has 0 saturated heterocycles. The molecule has 0 amide bonds. The van der Waals surface area contributed by atoms with Gasteiger partial charge < -0.3 is 14.7 Å². The summed E-state index contributed by atoms with van der Waals surface area (Å²) in [6.07, 6.45) is 2.16. The van der Waals surface area contributed by atoms with Crippen molar-refractivity contribution in [3.8, 4) is 11.5 Å². The molecule has 0 spiro atoms. The predicted molar refractivity (Wildman–Crippen MR) is 112 cm³/mol. The van der Waals surface area contributed by atoms with Crippen LogP contribution in [0.2, 0.25) is 0 Å². The van der Waals surface area contributed by atoms with E-state index in [1.54, 1.807) is 12.1 Å². The van der Waals surface area contributed by atoms with Crippen LogP contribution in [-0.4, -0.2) is 37.3 Å². The highest BCUT2D eigenvalue weighted by Gasteiger charge is 2.07. The van der Waals surface area contributed by atoms with Crippen molar-refractivity contribution in [1.29, 1.82) is 0 Å². The van der Waals surface area contributed by atoms with E-state index in [0.717, 1.165) is 34.6 Å². The number of benzene rings is 3. The molecule has 138 valence electrons.